The lowest BCUT2D eigenvalue weighted by atomic mass is 10.3. The predicted molar refractivity (Wildman–Crippen MR) is 34.1 cm³/mol. The highest BCUT2D eigenvalue weighted by Gasteiger charge is 2.00. The van der Waals surface area contributed by atoms with Gasteiger partial charge in [0.15, 0.2) is 0 Å². The molecule has 0 fully saturated rings. The van der Waals surface area contributed by atoms with Crippen molar-refractivity contribution in [3.05, 3.63) is 11.8 Å². The average Bonchev–Trinajstić information content (AvgIpc) is 2.19. The number of nitrogens with one attached hydrogen (secondary N) is 1. The van der Waals surface area contributed by atoms with E-state index in [4.69, 9.17) is 5.73 Å². The van der Waals surface area contributed by atoms with Crippen LogP contribution >= 0.6 is 0 Å². The largest absolute Gasteiger partial charge is 0.376 e. The van der Waals surface area contributed by atoms with Gasteiger partial charge in [-0.05, 0) is 19.3 Å². The Hall–Kier alpha value is -0.500. The van der Waals surface area contributed by atoms with E-state index in [1.54, 1.807) is 0 Å². The molecule has 0 saturated carbocycles. The van der Waals surface area contributed by atoms with Crippen LogP contribution in [0.3, 0.4) is 0 Å². The maximum absolute atomic E-state index is 5.26. The Morgan fingerprint density at radius 1 is 1.75 bits per heavy atom. The highest BCUT2D eigenvalue weighted by molar-refractivity contribution is 5.04. The first-order valence-electron chi connectivity index (χ1n) is 3.06. The van der Waals surface area contributed by atoms with Crippen molar-refractivity contribution in [1.29, 1.82) is 0 Å². The minimum absolute atomic E-state index is 0.575. The van der Waals surface area contributed by atoms with Gasteiger partial charge in [-0.15, -0.1) is 0 Å². The fourth-order valence-corrected chi connectivity index (χ4v) is 0.963. The number of hydrogen-bond acceptors (Lipinski definition) is 2. The fraction of sp³-hybridized carbons (Fsp3) is 0.667. The summed E-state index contributed by atoms with van der Waals surface area (Å²) < 4.78 is 0. The summed E-state index contributed by atoms with van der Waals surface area (Å²) in [5, 5.41) is 3.08. The van der Waals surface area contributed by atoms with E-state index >= 15 is 0 Å². The highest BCUT2D eigenvalue weighted by atomic mass is 15.0. The molecular formula is C6H12N2. The van der Waals surface area contributed by atoms with Crippen LogP contribution in [0.2, 0.25) is 0 Å². The highest BCUT2D eigenvalue weighted by Crippen LogP contribution is 2.13. The van der Waals surface area contributed by atoms with Crippen molar-refractivity contribution < 1.29 is 0 Å². The molecule has 0 bridgehead atoms. The molecule has 1 rings (SSSR count). The SMILES string of the molecule is NCNC1=CCCC1. The smallest absolute Gasteiger partial charge is 0.0624 e. The quantitative estimate of drug-likeness (QED) is 0.512. The van der Waals surface area contributed by atoms with Crippen molar-refractivity contribution in [2.24, 2.45) is 5.73 Å². The van der Waals surface area contributed by atoms with Crippen molar-refractivity contribution in [1.82, 2.24) is 5.32 Å². The van der Waals surface area contributed by atoms with Crippen LogP contribution < -0.4 is 11.1 Å². The van der Waals surface area contributed by atoms with E-state index in [1.165, 1.54) is 25.0 Å². The first kappa shape index (κ1) is 5.63. The lowest BCUT2D eigenvalue weighted by Gasteiger charge is -2.00. The lowest BCUT2D eigenvalue weighted by Crippen LogP contribution is -2.20. The number of rotatable bonds is 2. The number of hydrogen-bond donors (Lipinski definition) is 2. The minimum atomic E-state index is 0.575. The maximum Gasteiger partial charge on any atom is 0.0624 e. The predicted octanol–water partition coefficient (Wildman–Crippen LogP) is 0.560. The van der Waals surface area contributed by atoms with E-state index in [1.807, 2.05) is 0 Å². The zero-order valence-electron chi connectivity index (χ0n) is 4.98. The second-order valence-electron chi connectivity index (χ2n) is 2.00. The second kappa shape index (κ2) is 2.72. The second-order valence-corrected chi connectivity index (χ2v) is 2.00. The normalized spacial score (nSPS) is 18.4. The zero-order chi connectivity index (χ0) is 5.82. The van der Waals surface area contributed by atoms with E-state index in [9.17, 15) is 0 Å². The molecule has 3 N–H and O–H groups in total. The minimum Gasteiger partial charge on any atom is -0.376 e. The van der Waals surface area contributed by atoms with Crippen LogP contribution in [0.25, 0.3) is 0 Å². The molecule has 1 aliphatic rings. The summed E-state index contributed by atoms with van der Waals surface area (Å²) in [5.41, 5.74) is 6.58. The van der Waals surface area contributed by atoms with Gasteiger partial charge in [0, 0.05) is 5.70 Å². The Morgan fingerprint density at radius 2 is 2.62 bits per heavy atom. The van der Waals surface area contributed by atoms with Crippen molar-refractivity contribution in [3.8, 4) is 0 Å². The molecule has 0 aliphatic heterocycles. The monoisotopic (exact) mass is 112 g/mol. The summed E-state index contributed by atoms with van der Waals surface area (Å²) in [5.74, 6) is 0. The van der Waals surface area contributed by atoms with Gasteiger partial charge < -0.3 is 11.1 Å². The number of allylic oxidation sites excluding steroid dienone is 2. The molecule has 0 heterocycles. The molecule has 46 valence electrons. The van der Waals surface area contributed by atoms with E-state index in [0.29, 0.717) is 6.67 Å². The molecule has 2 heteroatoms. The van der Waals surface area contributed by atoms with Gasteiger partial charge in [0.25, 0.3) is 0 Å². The van der Waals surface area contributed by atoms with E-state index in [-0.39, 0.29) is 0 Å². The summed E-state index contributed by atoms with van der Waals surface area (Å²) >= 11 is 0. The lowest BCUT2D eigenvalue weighted by molar-refractivity contribution is 0.774. The van der Waals surface area contributed by atoms with Gasteiger partial charge in [0.1, 0.15) is 0 Å². The molecule has 2 nitrogen and oxygen atoms in total. The molecule has 0 aromatic heterocycles. The van der Waals surface area contributed by atoms with Crippen LogP contribution in [0.15, 0.2) is 11.8 Å². The molecule has 0 amide bonds. The average molecular weight is 112 g/mol. The third kappa shape index (κ3) is 1.23. The van der Waals surface area contributed by atoms with Gasteiger partial charge >= 0.3 is 0 Å². The Bertz CT molecular complexity index is 96.7. The van der Waals surface area contributed by atoms with Crippen LogP contribution in [-0.2, 0) is 0 Å². The van der Waals surface area contributed by atoms with E-state index in [0.717, 1.165) is 0 Å². The van der Waals surface area contributed by atoms with Crippen LogP contribution in [0, 0.1) is 0 Å². The van der Waals surface area contributed by atoms with Crippen molar-refractivity contribution in [2.45, 2.75) is 19.3 Å². The fourth-order valence-electron chi connectivity index (χ4n) is 0.963. The van der Waals surface area contributed by atoms with Crippen LogP contribution in [0.4, 0.5) is 0 Å². The summed E-state index contributed by atoms with van der Waals surface area (Å²) in [6, 6.07) is 0. The maximum atomic E-state index is 5.26. The van der Waals surface area contributed by atoms with Gasteiger partial charge in [-0.2, -0.15) is 0 Å². The van der Waals surface area contributed by atoms with Crippen LogP contribution in [0.1, 0.15) is 19.3 Å². The molecule has 0 radical (unpaired) electrons. The third-order valence-electron chi connectivity index (χ3n) is 1.37. The first-order valence-corrected chi connectivity index (χ1v) is 3.06. The van der Waals surface area contributed by atoms with Crippen LogP contribution in [0.5, 0.6) is 0 Å². The molecule has 0 aromatic carbocycles. The van der Waals surface area contributed by atoms with Gasteiger partial charge in [0.2, 0.25) is 0 Å². The Labute approximate surface area is 49.8 Å². The van der Waals surface area contributed by atoms with E-state index < -0.39 is 0 Å². The molecule has 0 atom stereocenters. The summed E-state index contributed by atoms with van der Waals surface area (Å²) in [6.07, 6.45) is 5.93. The van der Waals surface area contributed by atoms with Gasteiger partial charge in [-0.3, -0.25) is 0 Å². The van der Waals surface area contributed by atoms with E-state index in [2.05, 4.69) is 11.4 Å². The van der Waals surface area contributed by atoms with Crippen molar-refractivity contribution in [2.75, 3.05) is 6.67 Å². The summed E-state index contributed by atoms with van der Waals surface area (Å²) in [6.45, 7) is 0.575. The molecule has 0 unspecified atom stereocenters. The van der Waals surface area contributed by atoms with Gasteiger partial charge in [-0.25, -0.2) is 0 Å². The first-order chi connectivity index (χ1) is 3.93. The molecule has 1 aliphatic carbocycles. The Kier molecular flexibility index (Phi) is 1.92. The summed E-state index contributed by atoms with van der Waals surface area (Å²) in [7, 11) is 0. The van der Waals surface area contributed by atoms with Gasteiger partial charge in [0.05, 0.1) is 6.67 Å². The standard InChI is InChI=1S/C6H12N2/c7-5-8-6-3-1-2-4-6/h3,8H,1-2,4-5,7H2. The molecular weight excluding hydrogens is 100 g/mol. The topological polar surface area (TPSA) is 38.0 Å². The van der Waals surface area contributed by atoms with Gasteiger partial charge in [-0.1, -0.05) is 6.08 Å². The molecule has 0 aromatic rings. The zero-order valence-corrected chi connectivity index (χ0v) is 4.98. The summed E-state index contributed by atoms with van der Waals surface area (Å²) in [4.78, 5) is 0. The third-order valence-corrected chi connectivity index (χ3v) is 1.37. The molecule has 0 saturated heterocycles. The number of nitrogens with two attached hydrogens (primary N) is 1. The Morgan fingerprint density at radius 3 is 3.12 bits per heavy atom. The Balaban J connectivity index is 2.23. The molecule has 8 heavy (non-hydrogen) atoms. The molecule has 0 spiro atoms. The van der Waals surface area contributed by atoms with Crippen LogP contribution in [-0.4, -0.2) is 6.67 Å². The van der Waals surface area contributed by atoms with Crippen molar-refractivity contribution in [3.63, 3.8) is 0 Å². The van der Waals surface area contributed by atoms with Crippen molar-refractivity contribution >= 4 is 0 Å².